The van der Waals surface area contributed by atoms with E-state index in [1.54, 1.807) is 7.11 Å². The summed E-state index contributed by atoms with van der Waals surface area (Å²) in [6.07, 6.45) is 2.27. The van der Waals surface area contributed by atoms with E-state index in [4.69, 9.17) is 9.47 Å². The lowest BCUT2D eigenvalue weighted by atomic mass is 9.91. The SMILES string of the molecule is COCCN(C)CCN1CC2(CCN(C(=O)[C@H]3CC3(C)C)CC2)OC1=O. The molecule has 2 aliphatic heterocycles. The van der Waals surface area contributed by atoms with Gasteiger partial charge in [-0.2, -0.15) is 0 Å². The van der Waals surface area contributed by atoms with Gasteiger partial charge in [-0.1, -0.05) is 13.8 Å². The number of nitrogens with zero attached hydrogens (tertiary/aromatic N) is 3. The van der Waals surface area contributed by atoms with Crippen molar-refractivity contribution in [2.24, 2.45) is 11.3 Å². The van der Waals surface area contributed by atoms with Crippen LogP contribution in [0.3, 0.4) is 0 Å². The third kappa shape index (κ3) is 4.14. The second-order valence-corrected chi connectivity index (χ2v) is 8.84. The Morgan fingerprint density at radius 2 is 1.96 bits per heavy atom. The fourth-order valence-corrected chi connectivity index (χ4v) is 4.02. The molecule has 1 aliphatic carbocycles. The van der Waals surface area contributed by atoms with Gasteiger partial charge in [-0.15, -0.1) is 0 Å². The van der Waals surface area contributed by atoms with Crippen LogP contribution in [0.1, 0.15) is 33.1 Å². The zero-order valence-electron chi connectivity index (χ0n) is 16.6. The fourth-order valence-electron chi connectivity index (χ4n) is 4.02. The van der Waals surface area contributed by atoms with E-state index in [1.165, 1.54) is 0 Å². The number of carbonyl (C=O) groups excluding carboxylic acids is 2. The van der Waals surface area contributed by atoms with Crippen molar-refractivity contribution in [3.8, 4) is 0 Å². The third-order valence-electron chi connectivity index (χ3n) is 6.27. The summed E-state index contributed by atoms with van der Waals surface area (Å²) in [7, 11) is 3.72. The second kappa shape index (κ2) is 7.35. The van der Waals surface area contributed by atoms with Gasteiger partial charge >= 0.3 is 6.09 Å². The van der Waals surface area contributed by atoms with E-state index < -0.39 is 5.60 Å². The first-order chi connectivity index (χ1) is 12.3. The van der Waals surface area contributed by atoms with Crippen molar-refractivity contribution >= 4 is 12.0 Å². The van der Waals surface area contributed by atoms with E-state index in [2.05, 4.69) is 18.7 Å². The Balaban J connectivity index is 1.46. The highest BCUT2D eigenvalue weighted by molar-refractivity contribution is 5.82. The van der Waals surface area contributed by atoms with Gasteiger partial charge in [0.1, 0.15) is 5.60 Å². The first-order valence-corrected chi connectivity index (χ1v) is 9.71. The molecule has 2 heterocycles. The summed E-state index contributed by atoms with van der Waals surface area (Å²) >= 11 is 0. The van der Waals surface area contributed by atoms with Gasteiger partial charge in [-0.05, 0) is 18.9 Å². The van der Waals surface area contributed by atoms with E-state index in [0.29, 0.717) is 32.8 Å². The molecule has 0 aromatic heterocycles. The number of rotatable bonds is 7. The first kappa shape index (κ1) is 19.4. The molecule has 1 atom stereocenters. The average Bonchev–Trinajstić information content (AvgIpc) is 3.13. The second-order valence-electron chi connectivity index (χ2n) is 8.84. The van der Waals surface area contributed by atoms with E-state index in [9.17, 15) is 9.59 Å². The minimum absolute atomic E-state index is 0.164. The van der Waals surface area contributed by atoms with Crippen LogP contribution in [0.25, 0.3) is 0 Å². The maximum Gasteiger partial charge on any atom is 0.410 e. The molecule has 7 nitrogen and oxygen atoms in total. The topological polar surface area (TPSA) is 62.3 Å². The van der Waals surface area contributed by atoms with Crippen LogP contribution in [0, 0.1) is 11.3 Å². The number of likely N-dealkylation sites (N-methyl/N-ethyl adjacent to an activating group) is 1. The maximum absolute atomic E-state index is 12.6. The molecule has 0 aromatic rings. The van der Waals surface area contributed by atoms with E-state index in [-0.39, 0.29) is 23.3 Å². The molecule has 3 rings (SSSR count). The number of methoxy groups -OCH3 is 1. The van der Waals surface area contributed by atoms with Gasteiger partial charge in [0.25, 0.3) is 0 Å². The molecule has 26 heavy (non-hydrogen) atoms. The van der Waals surface area contributed by atoms with Crippen LogP contribution in [-0.2, 0) is 14.3 Å². The molecule has 2 saturated heterocycles. The lowest BCUT2D eigenvalue weighted by molar-refractivity contribution is -0.136. The van der Waals surface area contributed by atoms with Crippen molar-refractivity contribution in [1.29, 1.82) is 0 Å². The number of ether oxygens (including phenoxy) is 2. The predicted molar refractivity (Wildman–Crippen MR) is 97.9 cm³/mol. The highest BCUT2D eigenvalue weighted by atomic mass is 16.6. The van der Waals surface area contributed by atoms with Gasteiger partial charge in [-0.3, -0.25) is 4.79 Å². The quantitative estimate of drug-likeness (QED) is 0.681. The molecule has 1 saturated carbocycles. The highest BCUT2D eigenvalue weighted by Crippen LogP contribution is 2.52. The molecule has 0 aromatic carbocycles. The van der Waals surface area contributed by atoms with Gasteiger partial charge in [0.2, 0.25) is 5.91 Å². The standard InChI is InChI=1S/C19H33N3O4/c1-18(2)13-15(18)16(23)21-7-5-19(6-8-21)14-22(17(24)26-19)10-9-20(3)11-12-25-4/h15H,5-14H2,1-4H3/t15-/m1/s1. The van der Waals surface area contributed by atoms with Gasteiger partial charge < -0.3 is 24.2 Å². The van der Waals surface area contributed by atoms with Gasteiger partial charge in [0.05, 0.1) is 13.2 Å². The van der Waals surface area contributed by atoms with Crippen LogP contribution in [0.5, 0.6) is 0 Å². The minimum Gasteiger partial charge on any atom is -0.441 e. The number of hydrogen-bond donors (Lipinski definition) is 0. The number of amides is 2. The van der Waals surface area contributed by atoms with Crippen molar-refractivity contribution in [1.82, 2.24) is 14.7 Å². The zero-order valence-corrected chi connectivity index (χ0v) is 16.6. The molecule has 0 radical (unpaired) electrons. The van der Waals surface area contributed by atoms with Crippen molar-refractivity contribution in [3.63, 3.8) is 0 Å². The summed E-state index contributed by atoms with van der Waals surface area (Å²) in [6.45, 7) is 9.34. The monoisotopic (exact) mass is 367 g/mol. The minimum atomic E-state index is -0.405. The smallest absolute Gasteiger partial charge is 0.410 e. The Labute approximate surface area is 156 Å². The van der Waals surface area contributed by atoms with Gasteiger partial charge in [0.15, 0.2) is 0 Å². The summed E-state index contributed by atoms with van der Waals surface area (Å²) in [5.74, 6) is 0.465. The lowest BCUT2D eigenvalue weighted by Gasteiger charge is -2.37. The van der Waals surface area contributed by atoms with Crippen molar-refractivity contribution in [2.75, 3.05) is 60.0 Å². The average molecular weight is 367 g/mol. The fraction of sp³-hybridized carbons (Fsp3) is 0.895. The van der Waals surface area contributed by atoms with Crippen LogP contribution in [0.2, 0.25) is 0 Å². The molecule has 2 amide bonds. The molecule has 0 N–H and O–H groups in total. The maximum atomic E-state index is 12.6. The Kier molecular flexibility index (Phi) is 5.49. The lowest BCUT2D eigenvalue weighted by Crippen LogP contribution is -2.49. The number of hydrogen-bond acceptors (Lipinski definition) is 5. The Morgan fingerprint density at radius 3 is 2.54 bits per heavy atom. The van der Waals surface area contributed by atoms with Crippen molar-refractivity contribution in [2.45, 2.75) is 38.7 Å². The molecular formula is C19H33N3O4. The van der Waals surface area contributed by atoms with E-state index >= 15 is 0 Å². The van der Waals surface area contributed by atoms with E-state index in [0.717, 1.165) is 32.4 Å². The van der Waals surface area contributed by atoms with Crippen LogP contribution >= 0.6 is 0 Å². The molecule has 0 bridgehead atoms. The molecule has 7 heteroatoms. The normalized spacial score (nSPS) is 26.5. The number of piperidine rings is 1. The summed E-state index contributed by atoms with van der Waals surface area (Å²) in [6, 6.07) is 0. The molecular weight excluding hydrogens is 334 g/mol. The summed E-state index contributed by atoms with van der Waals surface area (Å²) in [5, 5.41) is 0. The molecule has 148 valence electrons. The Morgan fingerprint density at radius 1 is 1.31 bits per heavy atom. The summed E-state index contributed by atoms with van der Waals surface area (Å²) in [5.41, 5.74) is -0.240. The predicted octanol–water partition coefficient (Wildman–Crippen LogP) is 1.42. The van der Waals surface area contributed by atoms with Crippen molar-refractivity contribution in [3.05, 3.63) is 0 Å². The Hall–Kier alpha value is -1.34. The van der Waals surface area contributed by atoms with Gasteiger partial charge in [0, 0.05) is 58.6 Å². The Bertz CT molecular complexity index is 543. The van der Waals surface area contributed by atoms with Crippen molar-refractivity contribution < 1.29 is 19.1 Å². The van der Waals surface area contributed by atoms with Crippen LogP contribution in [0.15, 0.2) is 0 Å². The zero-order chi connectivity index (χ0) is 18.9. The highest BCUT2D eigenvalue weighted by Gasteiger charge is 2.54. The van der Waals surface area contributed by atoms with Crippen LogP contribution < -0.4 is 0 Å². The van der Waals surface area contributed by atoms with Crippen LogP contribution in [-0.4, -0.2) is 92.3 Å². The largest absolute Gasteiger partial charge is 0.441 e. The molecule has 3 aliphatic rings. The molecule has 0 unspecified atom stereocenters. The summed E-state index contributed by atoms with van der Waals surface area (Å²) in [4.78, 5) is 30.8. The summed E-state index contributed by atoms with van der Waals surface area (Å²) < 4.78 is 10.8. The molecule has 1 spiro atoms. The molecule has 3 fully saturated rings. The first-order valence-electron chi connectivity index (χ1n) is 9.71. The van der Waals surface area contributed by atoms with Crippen LogP contribution in [0.4, 0.5) is 4.79 Å². The number of likely N-dealkylation sites (tertiary alicyclic amines) is 1. The third-order valence-corrected chi connectivity index (χ3v) is 6.27. The van der Waals surface area contributed by atoms with Gasteiger partial charge in [-0.25, -0.2) is 4.79 Å². The van der Waals surface area contributed by atoms with E-state index in [1.807, 2.05) is 16.8 Å². The number of carbonyl (C=O) groups is 2.